The molecule has 140 valence electrons. The highest BCUT2D eigenvalue weighted by molar-refractivity contribution is 5.85. The Kier molecular flexibility index (Phi) is 6.49. The normalized spacial score (nSPS) is 11.2. The molecule has 2 amide bonds. The first-order valence-electron chi connectivity index (χ1n) is 8.76. The van der Waals surface area contributed by atoms with Crippen molar-refractivity contribution in [3.63, 3.8) is 0 Å². The van der Waals surface area contributed by atoms with Crippen molar-refractivity contribution in [3.8, 4) is 11.4 Å². The first-order valence-corrected chi connectivity index (χ1v) is 8.76. The van der Waals surface area contributed by atoms with Gasteiger partial charge in [0.15, 0.2) is 0 Å². The maximum absolute atomic E-state index is 11.9. The molecule has 0 aliphatic heterocycles. The van der Waals surface area contributed by atoms with Gasteiger partial charge < -0.3 is 15.2 Å². The molecule has 2 N–H and O–H groups in total. The number of benzene rings is 1. The van der Waals surface area contributed by atoms with Crippen molar-refractivity contribution in [2.75, 3.05) is 6.54 Å². The fourth-order valence-electron chi connectivity index (χ4n) is 2.31. The van der Waals surface area contributed by atoms with Crippen LogP contribution in [-0.2, 0) is 22.4 Å². The van der Waals surface area contributed by atoms with Crippen LogP contribution in [0.5, 0.6) is 0 Å². The standard InChI is InChI=1S/C19H26N4O3/c1-5-13-6-8-14(9-7-13)18-21-17(26-23-18)11-10-15(24)20-12-16(25)22-19(2,3)4/h6-9H,5,10-12H2,1-4H3,(H,20,24)(H,22,25). The minimum atomic E-state index is -0.322. The number of aryl methyl sites for hydroxylation is 2. The summed E-state index contributed by atoms with van der Waals surface area (Å²) in [5, 5.41) is 9.32. The van der Waals surface area contributed by atoms with E-state index in [1.165, 1.54) is 5.56 Å². The Hall–Kier alpha value is -2.70. The third-order valence-electron chi connectivity index (χ3n) is 3.61. The summed E-state index contributed by atoms with van der Waals surface area (Å²) >= 11 is 0. The monoisotopic (exact) mass is 358 g/mol. The summed E-state index contributed by atoms with van der Waals surface area (Å²) in [5.74, 6) is 0.448. The average molecular weight is 358 g/mol. The average Bonchev–Trinajstić information content (AvgIpc) is 3.06. The summed E-state index contributed by atoms with van der Waals surface area (Å²) in [4.78, 5) is 27.8. The molecule has 0 fully saturated rings. The van der Waals surface area contributed by atoms with Gasteiger partial charge in [-0.25, -0.2) is 0 Å². The topological polar surface area (TPSA) is 97.1 Å². The lowest BCUT2D eigenvalue weighted by Gasteiger charge is -2.20. The number of amides is 2. The van der Waals surface area contributed by atoms with Gasteiger partial charge in [-0.1, -0.05) is 36.3 Å². The Morgan fingerprint density at radius 3 is 2.42 bits per heavy atom. The molecule has 1 aromatic carbocycles. The fourth-order valence-corrected chi connectivity index (χ4v) is 2.31. The van der Waals surface area contributed by atoms with Gasteiger partial charge in [0.05, 0.1) is 6.54 Å². The van der Waals surface area contributed by atoms with E-state index < -0.39 is 0 Å². The van der Waals surface area contributed by atoms with Crippen LogP contribution in [-0.4, -0.2) is 34.0 Å². The minimum absolute atomic E-state index is 0.0467. The van der Waals surface area contributed by atoms with Crippen LogP contribution < -0.4 is 10.6 Å². The SMILES string of the molecule is CCc1ccc(-c2noc(CCC(=O)NCC(=O)NC(C)(C)C)n2)cc1. The maximum atomic E-state index is 11.9. The van der Waals surface area contributed by atoms with E-state index in [0.29, 0.717) is 18.1 Å². The fraction of sp³-hybridized carbons (Fsp3) is 0.474. The molecule has 0 aliphatic rings. The summed E-state index contributed by atoms with van der Waals surface area (Å²) in [7, 11) is 0. The Balaban J connectivity index is 1.80. The molecule has 0 bridgehead atoms. The molecular weight excluding hydrogens is 332 g/mol. The van der Waals surface area contributed by atoms with Crippen molar-refractivity contribution in [3.05, 3.63) is 35.7 Å². The molecule has 0 saturated heterocycles. The van der Waals surface area contributed by atoms with Gasteiger partial charge in [0.25, 0.3) is 0 Å². The number of hydrogen-bond acceptors (Lipinski definition) is 5. The molecule has 0 unspecified atom stereocenters. The van der Waals surface area contributed by atoms with Crippen molar-refractivity contribution >= 4 is 11.8 Å². The van der Waals surface area contributed by atoms with E-state index in [-0.39, 0.29) is 30.3 Å². The molecule has 0 saturated carbocycles. The van der Waals surface area contributed by atoms with Crippen molar-refractivity contribution in [1.29, 1.82) is 0 Å². The Labute approximate surface area is 153 Å². The lowest BCUT2D eigenvalue weighted by atomic mass is 10.1. The molecule has 0 spiro atoms. The third kappa shape index (κ3) is 6.31. The molecule has 26 heavy (non-hydrogen) atoms. The summed E-state index contributed by atoms with van der Waals surface area (Å²) in [6, 6.07) is 7.96. The number of carbonyl (C=O) groups excluding carboxylic acids is 2. The van der Waals surface area contributed by atoms with Crippen molar-refractivity contribution in [2.45, 2.75) is 52.5 Å². The lowest BCUT2D eigenvalue weighted by molar-refractivity contribution is -0.126. The van der Waals surface area contributed by atoms with Gasteiger partial charge in [0.2, 0.25) is 23.5 Å². The zero-order chi connectivity index (χ0) is 19.2. The number of hydrogen-bond donors (Lipinski definition) is 2. The molecule has 1 aromatic heterocycles. The summed E-state index contributed by atoms with van der Waals surface area (Å²) < 4.78 is 5.20. The van der Waals surface area contributed by atoms with Crippen LogP contribution in [0.1, 0.15) is 45.6 Å². The van der Waals surface area contributed by atoms with Crippen LogP contribution in [0.2, 0.25) is 0 Å². The van der Waals surface area contributed by atoms with Gasteiger partial charge >= 0.3 is 0 Å². The second-order valence-electron chi connectivity index (χ2n) is 7.14. The van der Waals surface area contributed by atoms with Crippen molar-refractivity contribution < 1.29 is 14.1 Å². The van der Waals surface area contributed by atoms with E-state index >= 15 is 0 Å². The summed E-state index contributed by atoms with van der Waals surface area (Å²) in [6.07, 6.45) is 1.48. The van der Waals surface area contributed by atoms with Gasteiger partial charge in [-0.3, -0.25) is 9.59 Å². The van der Waals surface area contributed by atoms with Crippen LogP contribution in [0.4, 0.5) is 0 Å². The molecule has 7 heteroatoms. The molecule has 0 atom stereocenters. The minimum Gasteiger partial charge on any atom is -0.350 e. The highest BCUT2D eigenvalue weighted by Gasteiger charge is 2.15. The van der Waals surface area contributed by atoms with Crippen LogP contribution in [0.3, 0.4) is 0 Å². The first kappa shape index (κ1) is 19.6. The van der Waals surface area contributed by atoms with Gasteiger partial charge in [-0.2, -0.15) is 4.98 Å². The predicted molar refractivity (Wildman–Crippen MR) is 98.3 cm³/mol. The van der Waals surface area contributed by atoms with Crippen molar-refractivity contribution in [1.82, 2.24) is 20.8 Å². The molecular formula is C19H26N4O3. The number of nitrogens with zero attached hydrogens (tertiary/aromatic N) is 2. The van der Waals surface area contributed by atoms with Gasteiger partial charge in [0.1, 0.15) is 0 Å². The van der Waals surface area contributed by atoms with Crippen LogP contribution in [0.15, 0.2) is 28.8 Å². The second kappa shape index (κ2) is 8.60. The highest BCUT2D eigenvalue weighted by Crippen LogP contribution is 2.17. The number of aromatic nitrogens is 2. The van der Waals surface area contributed by atoms with E-state index in [2.05, 4.69) is 27.7 Å². The van der Waals surface area contributed by atoms with Crippen LogP contribution >= 0.6 is 0 Å². The smallest absolute Gasteiger partial charge is 0.239 e. The first-order chi connectivity index (χ1) is 12.3. The van der Waals surface area contributed by atoms with Crippen LogP contribution in [0.25, 0.3) is 11.4 Å². The molecule has 2 aromatic rings. The number of carbonyl (C=O) groups is 2. The van der Waals surface area contributed by atoms with Gasteiger partial charge in [0, 0.05) is 23.9 Å². The van der Waals surface area contributed by atoms with Crippen molar-refractivity contribution in [2.24, 2.45) is 0 Å². The predicted octanol–water partition coefficient (Wildman–Crippen LogP) is 2.26. The summed E-state index contributed by atoms with van der Waals surface area (Å²) in [5.41, 5.74) is 1.79. The largest absolute Gasteiger partial charge is 0.350 e. The molecule has 0 radical (unpaired) electrons. The summed E-state index contributed by atoms with van der Waals surface area (Å²) in [6.45, 7) is 7.70. The zero-order valence-electron chi connectivity index (χ0n) is 15.8. The van der Waals surface area contributed by atoms with E-state index in [4.69, 9.17) is 4.52 Å². The lowest BCUT2D eigenvalue weighted by Crippen LogP contribution is -2.45. The van der Waals surface area contributed by atoms with Crippen LogP contribution in [0, 0.1) is 0 Å². The van der Waals surface area contributed by atoms with E-state index in [9.17, 15) is 9.59 Å². The molecule has 1 heterocycles. The molecule has 7 nitrogen and oxygen atoms in total. The number of nitrogens with one attached hydrogen (secondary N) is 2. The van der Waals surface area contributed by atoms with Gasteiger partial charge in [-0.05, 0) is 32.8 Å². The van der Waals surface area contributed by atoms with E-state index in [0.717, 1.165) is 12.0 Å². The number of rotatable bonds is 7. The quantitative estimate of drug-likeness (QED) is 0.791. The van der Waals surface area contributed by atoms with E-state index in [1.54, 1.807) is 0 Å². The second-order valence-corrected chi connectivity index (χ2v) is 7.14. The zero-order valence-corrected chi connectivity index (χ0v) is 15.8. The Morgan fingerprint density at radius 1 is 1.12 bits per heavy atom. The molecule has 2 rings (SSSR count). The maximum Gasteiger partial charge on any atom is 0.239 e. The highest BCUT2D eigenvalue weighted by atomic mass is 16.5. The third-order valence-corrected chi connectivity index (χ3v) is 3.61. The Bertz CT molecular complexity index is 745. The van der Waals surface area contributed by atoms with Gasteiger partial charge in [-0.15, -0.1) is 0 Å². The Morgan fingerprint density at radius 2 is 1.81 bits per heavy atom. The molecule has 0 aliphatic carbocycles. The van der Waals surface area contributed by atoms with E-state index in [1.807, 2.05) is 45.0 Å².